The van der Waals surface area contributed by atoms with Crippen molar-refractivity contribution in [1.29, 1.82) is 0 Å². The molecule has 0 bridgehead atoms. The first-order valence-electron chi connectivity index (χ1n) is 6.26. The van der Waals surface area contributed by atoms with Gasteiger partial charge in [-0.2, -0.15) is 0 Å². The average Bonchev–Trinajstić information content (AvgIpc) is 3.26. The van der Waals surface area contributed by atoms with Crippen LogP contribution in [0.2, 0.25) is 0 Å². The third-order valence-corrected chi connectivity index (χ3v) is 3.53. The van der Waals surface area contributed by atoms with Crippen molar-refractivity contribution in [3.8, 4) is 11.5 Å². The number of carbonyl (C=O) groups excluding carboxylic acids is 1. The number of carboxylic acid groups (broad SMARTS) is 1. The Morgan fingerprint density at radius 3 is 2.50 bits per heavy atom. The van der Waals surface area contributed by atoms with Crippen molar-refractivity contribution >= 4 is 11.9 Å². The summed E-state index contributed by atoms with van der Waals surface area (Å²) in [7, 11) is 3.08. The molecule has 2 N–H and O–H groups in total. The predicted molar refractivity (Wildman–Crippen MR) is 70.7 cm³/mol. The monoisotopic (exact) mass is 279 g/mol. The zero-order chi connectivity index (χ0) is 14.8. The first kappa shape index (κ1) is 14.2. The van der Waals surface area contributed by atoms with Crippen LogP contribution in [0.25, 0.3) is 0 Å². The highest BCUT2D eigenvalue weighted by Gasteiger charge is 2.56. The summed E-state index contributed by atoms with van der Waals surface area (Å²) in [5.41, 5.74) is -0.456. The number of methoxy groups -OCH3 is 2. The van der Waals surface area contributed by atoms with Gasteiger partial charge in [0.15, 0.2) is 0 Å². The second-order valence-electron chi connectivity index (χ2n) is 4.75. The van der Waals surface area contributed by atoms with Crippen LogP contribution in [-0.2, 0) is 16.1 Å². The van der Waals surface area contributed by atoms with E-state index < -0.39 is 17.3 Å². The number of benzene rings is 1. The van der Waals surface area contributed by atoms with E-state index in [1.54, 1.807) is 25.3 Å². The lowest BCUT2D eigenvalue weighted by Gasteiger charge is -2.13. The van der Waals surface area contributed by atoms with Crippen LogP contribution in [0.1, 0.15) is 18.4 Å². The number of ether oxygens (including phenoxy) is 2. The SMILES string of the molecule is COc1ccc(CNC(=O)C2(C(=O)O)CC2)c(OC)c1. The van der Waals surface area contributed by atoms with E-state index in [1.807, 2.05) is 0 Å². The minimum atomic E-state index is -1.22. The minimum Gasteiger partial charge on any atom is -0.497 e. The van der Waals surface area contributed by atoms with Crippen molar-refractivity contribution in [2.45, 2.75) is 19.4 Å². The maximum Gasteiger partial charge on any atom is 0.319 e. The Morgan fingerprint density at radius 1 is 1.30 bits per heavy atom. The molecule has 1 amide bonds. The minimum absolute atomic E-state index is 0.223. The summed E-state index contributed by atoms with van der Waals surface area (Å²) >= 11 is 0. The molecule has 20 heavy (non-hydrogen) atoms. The molecule has 0 aromatic heterocycles. The van der Waals surface area contributed by atoms with Gasteiger partial charge in [0.1, 0.15) is 16.9 Å². The molecule has 1 saturated carbocycles. The Labute approximate surface area is 116 Å². The maximum atomic E-state index is 11.9. The van der Waals surface area contributed by atoms with Crippen LogP contribution in [0.4, 0.5) is 0 Å². The van der Waals surface area contributed by atoms with Crippen molar-refractivity contribution in [3.05, 3.63) is 23.8 Å². The Balaban J connectivity index is 2.04. The van der Waals surface area contributed by atoms with Gasteiger partial charge in [0.05, 0.1) is 14.2 Å². The molecular formula is C14H17NO5. The molecule has 2 rings (SSSR count). The highest BCUT2D eigenvalue weighted by atomic mass is 16.5. The van der Waals surface area contributed by atoms with Gasteiger partial charge in [0, 0.05) is 18.2 Å². The number of nitrogens with one attached hydrogen (secondary N) is 1. The molecule has 0 heterocycles. The Hall–Kier alpha value is -2.24. The molecular weight excluding hydrogens is 262 g/mol. The smallest absolute Gasteiger partial charge is 0.319 e. The fourth-order valence-electron chi connectivity index (χ4n) is 2.01. The number of carboxylic acids is 1. The molecule has 0 aliphatic heterocycles. The first-order chi connectivity index (χ1) is 9.53. The van der Waals surface area contributed by atoms with Crippen LogP contribution in [0.3, 0.4) is 0 Å². The van der Waals surface area contributed by atoms with E-state index in [1.165, 1.54) is 7.11 Å². The second kappa shape index (κ2) is 5.40. The molecule has 0 unspecified atom stereocenters. The fraction of sp³-hybridized carbons (Fsp3) is 0.429. The van der Waals surface area contributed by atoms with Crippen LogP contribution in [0.15, 0.2) is 18.2 Å². The van der Waals surface area contributed by atoms with E-state index in [2.05, 4.69) is 5.32 Å². The molecule has 0 atom stereocenters. The zero-order valence-electron chi connectivity index (χ0n) is 11.4. The molecule has 1 aliphatic carbocycles. The highest BCUT2D eigenvalue weighted by molar-refractivity contribution is 6.04. The van der Waals surface area contributed by atoms with Gasteiger partial charge in [0.2, 0.25) is 5.91 Å². The summed E-state index contributed by atoms with van der Waals surface area (Å²) in [6.07, 6.45) is 0.793. The van der Waals surface area contributed by atoms with Crippen molar-refractivity contribution in [3.63, 3.8) is 0 Å². The Morgan fingerprint density at radius 2 is 2.00 bits per heavy atom. The van der Waals surface area contributed by atoms with E-state index in [0.29, 0.717) is 24.3 Å². The standard InChI is InChI=1S/C14H17NO5/c1-19-10-4-3-9(11(7-10)20-2)8-15-12(16)14(5-6-14)13(17)18/h3-4,7H,5-6,8H2,1-2H3,(H,15,16)(H,17,18). The second-order valence-corrected chi connectivity index (χ2v) is 4.75. The van der Waals surface area contributed by atoms with Gasteiger partial charge < -0.3 is 19.9 Å². The largest absolute Gasteiger partial charge is 0.497 e. The number of carbonyl (C=O) groups is 2. The van der Waals surface area contributed by atoms with Crippen molar-refractivity contribution < 1.29 is 24.2 Å². The van der Waals surface area contributed by atoms with Crippen molar-refractivity contribution in [1.82, 2.24) is 5.32 Å². The molecule has 6 nitrogen and oxygen atoms in total. The Kier molecular flexibility index (Phi) is 3.83. The van der Waals surface area contributed by atoms with Crippen LogP contribution in [0, 0.1) is 5.41 Å². The van der Waals surface area contributed by atoms with Gasteiger partial charge in [-0.25, -0.2) is 0 Å². The summed E-state index contributed by atoms with van der Waals surface area (Å²) in [6, 6.07) is 5.25. The lowest BCUT2D eigenvalue weighted by molar-refractivity contribution is -0.149. The summed E-state index contributed by atoms with van der Waals surface area (Å²) in [4.78, 5) is 22.9. The maximum absolute atomic E-state index is 11.9. The van der Waals surface area contributed by atoms with Gasteiger partial charge >= 0.3 is 5.97 Å². The molecule has 0 saturated heterocycles. The van der Waals surface area contributed by atoms with Crippen LogP contribution < -0.4 is 14.8 Å². The van der Waals surface area contributed by atoms with Crippen LogP contribution in [-0.4, -0.2) is 31.2 Å². The van der Waals surface area contributed by atoms with Gasteiger partial charge in [-0.05, 0) is 25.0 Å². The lowest BCUT2D eigenvalue weighted by Crippen LogP contribution is -2.36. The quantitative estimate of drug-likeness (QED) is 0.764. The number of hydrogen-bond donors (Lipinski definition) is 2. The number of aliphatic carboxylic acids is 1. The molecule has 1 fully saturated rings. The van der Waals surface area contributed by atoms with Gasteiger partial charge in [-0.1, -0.05) is 0 Å². The first-order valence-corrected chi connectivity index (χ1v) is 6.26. The van der Waals surface area contributed by atoms with Crippen LogP contribution >= 0.6 is 0 Å². The molecule has 108 valence electrons. The Bertz CT molecular complexity index is 536. The molecule has 1 aromatic carbocycles. The van der Waals surface area contributed by atoms with Crippen molar-refractivity contribution in [2.75, 3.05) is 14.2 Å². The highest BCUT2D eigenvalue weighted by Crippen LogP contribution is 2.46. The molecule has 1 aliphatic rings. The normalized spacial score (nSPS) is 15.3. The van der Waals surface area contributed by atoms with Gasteiger partial charge in [0.25, 0.3) is 0 Å². The molecule has 6 heteroatoms. The summed E-state index contributed by atoms with van der Waals surface area (Å²) < 4.78 is 10.3. The number of amides is 1. The molecule has 1 aromatic rings. The van der Waals surface area contributed by atoms with E-state index in [0.717, 1.165) is 5.56 Å². The topological polar surface area (TPSA) is 84.9 Å². The van der Waals surface area contributed by atoms with Crippen molar-refractivity contribution in [2.24, 2.45) is 5.41 Å². The van der Waals surface area contributed by atoms with Crippen LogP contribution in [0.5, 0.6) is 11.5 Å². The summed E-state index contributed by atoms with van der Waals surface area (Å²) in [5.74, 6) is -0.259. The van der Waals surface area contributed by atoms with Gasteiger partial charge in [-0.15, -0.1) is 0 Å². The lowest BCUT2D eigenvalue weighted by atomic mass is 10.1. The zero-order valence-corrected chi connectivity index (χ0v) is 11.4. The third kappa shape index (κ3) is 2.54. The van der Waals surface area contributed by atoms with E-state index in [4.69, 9.17) is 14.6 Å². The molecule has 0 radical (unpaired) electrons. The molecule has 0 spiro atoms. The average molecular weight is 279 g/mol. The van der Waals surface area contributed by atoms with Gasteiger partial charge in [-0.3, -0.25) is 9.59 Å². The number of rotatable bonds is 6. The number of hydrogen-bond acceptors (Lipinski definition) is 4. The predicted octanol–water partition coefficient (Wildman–Crippen LogP) is 1.18. The fourth-order valence-corrected chi connectivity index (χ4v) is 2.01. The summed E-state index contributed by atoms with van der Waals surface area (Å²) in [5, 5.41) is 11.7. The van der Waals surface area contributed by atoms with E-state index in [9.17, 15) is 9.59 Å². The van der Waals surface area contributed by atoms with E-state index >= 15 is 0 Å². The van der Waals surface area contributed by atoms with E-state index in [-0.39, 0.29) is 6.54 Å². The third-order valence-electron chi connectivity index (χ3n) is 3.53. The summed E-state index contributed by atoms with van der Waals surface area (Å²) in [6.45, 7) is 0.223.